The Bertz CT molecular complexity index is 490. The van der Waals surface area contributed by atoms with E-state index in [2.05, 4.69) is 12.3 Å². The monoisotopic (exact) mass is 291 g/mol. The van der Waals surface area contributed by atoms with Crippen LogP contribution < -0.4 is 11.3 Å². The van der Waals surface area contributed by atoms with Crippen LogP contribution in [0.15, 0.2) is 18.2 Å². The van der Waals surface area contributed by atoms with E-state index in [0.717, 1.165) is 49.2 Å². The van der Waals surface area contributed by atoms with Crippen LogP contribution in [0.4, 0.5) is 5.69 Å². The summed E-state index contributed by atoms with van der Waals surface area (Å²) in [6, 6.07) is 5.56. The van der Waals surface area contributed by atoms with E-state index in [9.17, 15) is 4.79 Å². The highest BCUT2D eigenvalue weighted by Gasteiger charge is 2.25. The van der Waals surface area contributed by atoms with Crippen LogP contribution in [0.2, 0.25) is 0 Å². The number of nitrogens with zero attached hydrogens (tertiary/aromatic N) is 1. The molecular weight excluding hydrogens is 266 g/mol. The number of rotatable bonds is 5. The summed E-state index contributed by atoms with van der Waals surface area (Å²) < 4.78 is 5.79. The fraction of sp³-hybridized carbons (Fsp3) is 0.562. The van der Waals surface area contributed by atoms with E-state index in [-0.39, 0.29) is 12.0 Å². The van der Waals surface area contributed by atoms with Crippen LogP contribution in [0.5, 0.6) is 0 Å². The summed E-state index contributed by atoms with van der Waals surface area (Å²) in [6.07, 6.45) is 3.23. The molecule has 0 aliphatic carbocycles. The lowest BCUT2D eigenvalue weighted by atomic mass is 10.0. The molecule has 1 unspecified atom stereocenters. The first-order valence-corrected chi connectivity index (χ1v) is 7.63. The van der Waals surface area contributed by atoms with Crippen molar-refractivity contribution in [2.24, 2.45) is 5.84 Å². The average molecular weight is 291 g/mol. The number of likely N-dealkylation sites (tertiary alicyclic amines) is 1. The van der Waals surface area contributed by atoms with Crippen LogP contribution in [0.25, 0.3) is 0 Å². The maximum Gasteiger partial charge on any atom is 0.254 e. The average Bonchev–Trinajstić information content (AvgIpc) is 2.52. The minimum absolute atomic E-state index is 0.0841. The number of benzene rings is 1. The summed E-state index contributed by atoms with van der Waals surface area (Å²) in [5, 5.41) is 0. The van der Waals surface area contributed by atoms with Crippen molar-refractivity contribution in [1.29, 1.82) is 0 Å². The molecule has 5 heteroatoms. The molecule has 0 spiro atoms. The first kappa shape index (κ1) is 15.8. The number of hydrogen-bond donors (Lipinski definition) is 2. The summed E-state index contributed by atoms with van der Waals surface area (Å²) >= 11 is 0. The molecule has 1 aliphatic rings. The molecule has 0 radical (unpaired) electrons. The van der Waals surface area contributed by atoms with E-state index in [1.54, 1.807) is 0 Å². The topological polar surface area (TPSA) is 67.6 Å². The third-order valence-electron chi connectivity index (χ3n) is 3.85. The van der Waals surface area contributed by atoms with Gasteiger partial charge in [-0.05, 0) is 49.9 Å². The first-order valence-electron chi connectivity index (χ1n) is 7.63. The second-order valence-electron chi connectivity index (χ2n) is 5.56. The van der Waals surface area contributed by atoms with Crippen molar-refractivity contribution in [3.63, 3.8) is 0 Å². The van der Waals surface area contributed by atoms with E-state index in [1.807, 2.05) is 30.0 Å². The minimum atomic E-state index is 0.0841. The molecule has 1 amide bonds. The van der Waals surface area contributed by atoms with Gasteiger partial charge in [-0.25, -0.2) is 0 Å². The van der Waals surface area contributed by atoms with Crippen molar-refractivity contribution in [1.82, 2.24) is 4.90 Å². The van der Waals surface area contributed by atoms with Gasteiger partial charge in [-0.1, -0.05) is 6.92 Å². The zero-order valence-corrected chi connectivity index (χ0v) is 12.9. The van der Waals surface area contributed by atoms with Crippen LogP contribution >= 0.6 is 0 Å². The Labute approximate surface area is 126 Å². The molecule has 1 fully saturated rings. The fourth-order valence-corrected chi connectivity index (χ4v) is 2.71. The molecule has 1 saturated heterocycles. The number of hydrazine groups is 1. The van der Waals surface area contributed by atoms with Crippen molar-refractivity contribution in [2.75, 3.05) is 25.1 Å². The molecule has 21 heavy (non-hydrogen) atoms. The maximum absolute atomic E-state index is 12.7. The number of carbonyl (C=O) groups excluding carboxylic acids is 1. The summed E-state index contributed by atoms with van der Waals surface area (Å²) in [5.41, 5.74) is 5.09. The number of aryl methyl sites for hydroxylation is 1. The van der Waals surface area contributed by atoms with Gasteiger partial charge >= 0.3 is 0 Å². The predicted molar refractivity (Wildman–Crippen MR) is 84.2 cm³/mol. The molecule has 0 aromatic heterocycles. The number of nitrogens with one attached hydrogen (secondary N) is 1. The molecule has 0 saturated carbocycles. The molecule has 1 aromatic rings. The van der Waals surface area contributed by atoms with Gasteiger partial charge in [-0.2, -0.15) is 0 Å². The third-order valence-corrected chi connectivity index (χ3v) is 3.85. The number of anilines is 1. The molecule has 5 nitrogen and oxygen atoms in total. The van der Waals surface area contributed by atoms with Crippen molar-refractivity contribution in [2.45, 2.75) is 39.2 Å². The van der Waals surface area contributed by atoms with Gasteiger partial charge in [0.15, 0.2) is 0 Å². The highest BCUT2D eigenvalue weighted by molar-refractivity contribution is 5.96. The Balaban J connectivity index is 2.05. The molecule has 2 rings (SSSR count). The standard InChI is InChI=1S/C16H25N3O2/c1-3-9-21-14-5-4-8-19(11-14)16(20)15-7-6-13(18-17)10-12(15)2/h6-7,10,14,18H,3-5,8-9,11,17H2,1-2H3. The van der Waals surface area contributed by atoms with Gasteiger partial charge in [0.2, 0.25) is 0 Å². The van der Waals surface area contributed by atoms with Crippen LogP contribution in [-0.4, -0.2) is 36.6 Å². The number of hydrogen-bond acceptors (Lipinski definition) is 4. The number of nitrogen functional groups attached to an aromatic ring is 1. The lowest BCUT2D eigenvalue weighted by molar-refractivity contribution is 0.00209. The zero-order valence-electron chi connectivity index (χ0n) is 12.9. The summed E-state index contributed by atoms with van der Waals surface area (Å²) in [4.78, 5) is 14.6. The smallest absolute Gasteiger partial charge is 0.254 e. The minimum Gasteiger partial charge on any atom is -0.376 e. The van der Waals surface area contributed by atoms with Crippen LogP contribution in [-0.2, 0) is 4.74 Å². The number of amides is 1. The summed E-state index contributed by atoms with van der Waals surface area (Å²) in [5.74, 6) is 5.47. The van der Waals surface area contributed by atoms with Crippen LogP contribution in [0.3, 0.4) is 0 Å². The van der Waals surface area contributed by atoms with Crippen molar-refractivity contribution in [3.05, 3.63) is 29.3 Å². The predicted octanol–water partition coefficient (Wildman–Crippen LogP) is 2.31. The van der Waals surface area contributed by atoms with E-state index < -0.39 is 0 Å². The molecule has 116 valence electrons. The largest absolute Gasteiger partial charge is 0.376 e. The SMILES string of the molecule is CCCOC1CCCN(C(=O)c2ccc(NN)cc2C)C1. The Kier molecular flexibility index (Phi) is 5.59. The summed E-state index contributed by atoms with van der Waals surface area (Å²) in [7, 11) is 0. The fourth-order valence-electron chi connectivity index (χ4n) is 2.71. The van der Waals surface area contributed by atoms with Gasteiger partial charge in [-0.15, -0.1) is 0 Å². The number of carbonyl (C=O) groups is 1. The van der Waals surface area contributed by atoms with Crippen LogP contribution in [0, 0.1) is 6.92 Å². The Morgan fingerprint density at radius 3 is 3.00 bits per heavy atom. The molecule has 1 heterocycles. The quantitative estimate of drug-likeness (QED) is 0.645. The number of ether oxygens (including phenoxy) is 1. The summed E-state index contributed by atoms with van der Waals surface area (Å²) in [6.45, 7) is 6.30. The van der Waals surface area contributed by atoms with E-state index >= 15 is 0 Å². The molecule has 1 atom stereocenters. The Hall–Kier alpha value is -1.59. The lowest BCUT2D eigenvalue weighted by Crippen LogP contribution is -2.43. The van der Waals surface area contributed by atoms with Gasteiger partial charge < -0.3 is 15.1 Å². The van der Waals surface area contributed by atoms with E-state index in [4.69, 9.17) is 10.6 Å². The van der Waals surface area contributed by atoms with Gasteiger partial charge in [0.1, 0.15) is 0 Å². The van der Waals surface area contributed by atoms with E-state index in [0.29, 0.717) is 6.54 Å². The zero-order chi connectivity index (χ0) is 15.2. The second kappa shape index (κ2) is 7.43. The van der Waals surface area contributed by atoms with Gasteiger partial charge in [0.05, 0.1) is 6.10 Å². The molecule has 3 N–H and O–H groups in total. The van der Waals surface area contributed by atoms with Gasteiger partial charge in [0.25, 0.3) is 5.91 Å². The van der Waals surface area contributed by atoms with Crippen molar-refractivity contribution in [3.8, 4) is 0 Å². The highest BCUT2D eigenvalue weighted by Crippen LogP contribution is 2.20. The van der Waals surface area contributed by atoms with Gasteiger partial charge in [0, 0.05) is 30.9 Å². The lowest BCUT2D eigenvalue weighted by Gasteiger charge is -2.33. The molecule has 1 aliphatic heterocycles. The third kappa shape index (κ3) is 3.95. The van der Waals surface area contributed by atoms with Crippen LogP contribution in [0.1, 0.15) is 42.1 Å². The molecule has 1 aromatic carbocycles. The van der Waals surface area contributed by atoms with E-state index in [1.165, 1.54) is 0 Å². The first-order chi connectivity index (χ1) is 10.2. The highest BCUT2D eigenvalue weighted by atomic mass is 16.5. The Morgan fingerprint density at radius 2 is 2.33 bits per heavy atom. The molecular formula is C16H25N3O2. The second-order valence-corrected chi connectivity index (χ2v) is 5.56. The number of nitrogens with two attached hydrogens (primary N) is 1. The molecule has 0 bridgehead atoms. The number of piperidine rings is 1. The Morgan fingerprint density at radius 1 is 1.52 bits per heavy atom. The van der Waals surface area contributed by atoms with Gasteiger partial charge in [-0.3, -0.25) is 10.6 Å². The normalized spacial score (nSPS) is 18.6. The van der Waals surface area contributed by atoms with Crippen molar-refractivity contribution < 1.29 is 9.53 Å². The maximum atomic E-state index is 12.7. The van der Waals surface area contributed by atoms with Crippen molar-refractivity contribution >= 4 is 11.6 Å².